The van der Waals surface area contributed by atoms with Crippen LogP contribution in [0.5, 0.6) is 0 Å². The number of fused-ring (bicyclic) bond motifs is 1. The molecule has 0 aliphatic carbocycles. The van der Waals surface area contributed by atoms with Gasteiger partial charge in [-0.1, -0.05) is 0 Å². The van der Waals surface area contributed by atoms with E-state index in [0.717, 1.165) is 11.8 Å². The zero-order chi connectivity index (χ0) is 21.3. The molecule has 2 aromatic rings. The van der Waals surface area contributed by atoms with Crippen molar-refractivity contribution in [2.45, 2.75) is 19.8 Å². The Balaban J connectivity index is 1.72. The van der Waals surface area contributed by atoms with Crippen molar-refractivity contribution < 1.29 is 27.5 Å². The van der Waals surface area contributed by atoms with Crippen LogP contribution < -0.4 is 4.31 Å². The minimum Gasteiger partial charge on any atom is -0.453 e. The van der Waals surface area contributed by atoms with Gasteiger partial charge in [0, 0.05) is 30.9 Å². The highest BCUT2D eigenvalue weighted by Gasteiger charge is 2.25. The smallest absolute Gasteiger partial charge is 0.355 e. The van der Waals surface area contributed by atoms with Crippen LogP contribution in [0.1, 0.15) is 50.1 Å². The second-order valence-electron chi connectivity index (χ2n) is 7.06. The Morgan fingerprint density at radius 1 is 1.14 bits per heavy atom. The second kappa shape index (κ2) is 7.82. The van der Waals surface area contributed by atoms with Crippen LogP contribution in [0.2, 0.25) is 0 Å². The number of carbonyl (C=O) groups is 3. The van der Waals surface area contributed by atoms with Crippen LogP contribution in [0.3, 0.4) is 0 Å². The third-order valence-electron chi connectivity index (χ3n) is 4.83. The number of ether oxygens (including phenoxy) is 1. The van der Waals surface area contributed by atoms with Crippen molar-refractivity contribution >= 4 is 33.2 Å². The van der Waals surface area contributed by atoms with Crippen molar-refractivity contribution in [3.05, 3.63) is 52.8 Å². The molecule has 0 saturated heterocycles. The number of carbonyl (C=O) groups excluding carboxylic acids is 3. The number of aryl methyl sites for hydroxylation is 2. The number of nitrogens with zero attached hydrogens (tertiary/aromatic N) is 2. The zero-order valence-corrected chi connectivity index (χ0v) is 17.3. The first kappa shape index (κ1) is 20.8. The van der Waals surface area contributed by atoms with Crippen LogP contribution in [-0.2, 0) is 28.2 Å². The molecule has 0 bridgehead atoms. The number of hydrogen-bond acceptors (Lipinski definition) is 6. The molecule has 29 heavy (non-hydrogen) atoms. The molecule has 3 rings (SSSR count). The van der Waals surface area contributed by atoms with E-state index in [-0.39, 0.29) is 11.5 Å². The van der Waals surface area contributed by atoms with Crippen LogP contribution in [0.15, 0.2) is 30.5 Å². The van der Waals surface area contributed by atoms with Gasteiger partial charge in [-0.2, -0.15) is 0 Å². The molecular weight excluding hydrogens is 396 g/mol. The van der Waals surface area contributed by atoms with Gasteiger partial charge in [-0.3, -0.25) is 13.9 Å². The summed E-state index contributed by atoms with van der Waals surface area (Å²) in [6.45, 7) is 1.36. The van der Waals surface area contributed by atoms with E-state index in [1.54, 1.807) is 19.2 Å². The molecular formula is C20H22N2O6S. The van der Waals surface area contributed by atoms with Crippen molar-refractivity contribution in [1.82, 2.24) is 4.57 Å². The zero-order valence-electron chi connectivity index (χ0n) is 16.5. The molecule has 0 unspecified atom stereocenters. The van der Waals surface area contributed by atoms with Crippen LogP contribution >= 0.6 is 0 Å². The summed E-state index contributed by atoms with van der Waals surface area (Å²) in [6.07, 6.45) is 4.01. The number of benzene rings is 1. The molecule has 0 N–H and O–H groups in total. The van der Waals surface area contributed by atoms with E-state index in [0.29, 0.717) is 36.2 Å². The Morgan fingerprint density at radius 3 is 2.48 bits per heavy atom. The first-order chi connectivity index (χ1) is 13.6. The van der Waals surface area contributed by atoms with E-state index in [1.807, 2.05) is 0 Å². The molecule has 154 valence electrons. The maximum absolute atomic E-state index is 12.5. The predicted octanol–water partition coefficient (Wildman–Crippen LogP) is 1.98. The second-order valence-corrected chi connectivity index (χ2v) is 8.97. The average Bonchev–Trinajstić information content (AvgIpc) is 3.06. The van der Waals surface area contributed by atoms with E-state index in [4.69, 9.17) is 4.74 Å². The van der Waals surface area contributed by atoms with Gasteiger partial charge in [0.05, 0.1) is 11.9 Å². The molecule has 0 spiro atoms. The molecule has 0 fully saturated rings. The van der Waals surface area contributed by atoms with Crippen molar-refractivity contribution in [3.8, 4) is 0 Å². The van der Waals surface area contributed by atoms with E-state index in [2.05, 4.69) is 0 Å². The average molecular weight is 418 g/mol. The molecule has 8 nitrogen and oxygen atoms in total. The number of esters is 1. The molecule has 1 aromatic carbocycles. The number of rotatable bonds is 6. The maximum Gasteiger partial charge on any atom is 0.355 e. The largest absolute Gasteiger partial charge is 0.453 e. The van der Waals surface area contributed by atoms with Crippen LogP contribution in [0.25, 0.3) is 0 Å². The normalized spacial score (nSPS) is 13.7. The minimum absolute atomic E-state index is 0.173. The topological polar surface area (TPSA) is 103 Å². The highest BCUT2D eigenvalue weighted by molar-refractivity contribution is 7.92. The van der Waals surface area contributed by atoms with Gasteiger partial charge in [0.25, 0.3) is 0 Å². The number of ketones is 2. The highest BCUT2D eigenvalue weighted by atomic mass is 32.2. The Kier molecular flexibility index (Phi) is 5.61. The standard InChI is InChI=1S/C20H22N2O6S/c1-13(23)16-10-18(21(2)11-16)20(25)28-12-19(24)15-6-7-17-14(9-15)5-4-8-22(17)29(3,26)27/h6-7,9-11H,4-5,8,12H2,1-3H3. The van der Waals surface area contributed by atoms with Gasteiger partial charge in [0.2, 0.25) is 10.0 Å². The maximum atomic E-state index is 12.5. The lowest BCUT2D eigenvalue weighted by molar-refractivity contribution is 0.0465. The highest BCUT2D eigenvalue weighted by Crippen LogP contribution is 2.30. The Hall–Kier alpha value is -2.94. The van der Waals surface area contributed by atoms with Crippen LogP contribution in [-0.4, -0.2) is 49.9 Å². The van der Waals surface area contributed by atoms with Gasteiger partial charge in [0.1, 0.15) is 5.69 Å². The van der Waals surface area contributed by atoms with Gasteiger partial charge in [0.15, 0.2) is 18.2 Å². The lowest BCUT2D eigenvalue weighted by Crippen LogP contribution is -2.34. The summed E-state index contributed by atoms with van der Waals surface area (Å²) in [6, 6.07) is 6.23. The Labute approximate surface area is 169 Å². The number of hydrogen-bond donors (Lipinski definition) is 0. The number of Topliss-reactive ketones (excluding diaryl/α,β-unsaturated/α-hetero) is 2. The fraction of sp³-hybridized carbons (Fsp3) is 0.350. The first-order valence-corrected chi connectivity index (χ1v) is 10.9. The minimum atomic E-state index is -3.38. The van der Waals surface area contributed by atoms with Crippen LogP contribution in [0.4, 0.5) is 5.69 Å². The summed E-state index contributed by atoms with van der Waals surface area (Å²) < 4.78 is 31.8. The van der Waals surface area contributed by atoms with Crippen molar-refractivity contribution in [1.29, 1.82) is 0 Å². The molecule has 1 aliphatic heterocycles. The SMILES string of the molecule is CC(=O)c1cc(C(=O)OCC(=O)c2ccc3c(c2)CCCN3S(C)(=O)=O)n(C)c1. The van der Waals surface area contributed by atoms with Crippen molar-refractivity contribution in [3.63, 3.8) is 0 Å². The Bertz CT molecular complexity index is 1100. The predicted molar refractivity (Wildman–Crippen MR) is 107 cm³/mol. The van der Waals surface area contributed by atoms with Gasteiger partial charge >= 0.3 is 5.97 Å². The Morgan fingerprint density at radius 2 is 1.86 bits per heavy atom. The molecule has 1 aromatic heterocycles. The van der Waals surface area contributed by atoms with Crippen molar-refractivity contribution in [2.24, 2.45) is 7.05 Å². The van der Waals surface area contributed by atoms with Crippen LogP contribution in [0, 0.1) is 0 Å². The monoisotopic (exact) mass is 418 g/mol. The summed E-state index contributed by atoms with van der Waals surface area (Å²) in [5.74, 6) is -1.26. The number of sulfonamides is 1. The molecule has 0 atom stereocenters. The van der Waals surface area contributed by atoms with Gasteiger partial charge in [-0.05, 0) is 49.6 Å². The van der Waals surface area contributed by atoms with Gasteiger partial charge in [-0.25, -0.2) is 13.2 Å². The fourth-order valence-corrected chi connectivity index (χ4v) is 4.33. The lowest BCUT2D eigenvalue weighted by atomic mass is 9.99. The van der Waals surface area contributed by atoms with E-state index < -0.39 is 28.4 Å². The van der Waals surface area contributed by atoms with Gasteiger partial charge < -0.3 is 9.30 Å². The molecule has 2 heterocycles. The summed E-state index contributed by atoms with van der Waals surface area (Å²) >= 11 is 0. The van der Waals surface area contributed by atoms with Crippen molar-refractivity contribution in [2.75, 3.05) is 23.7 Å². The molecule has 0 saturated carbocycles. The quantitative estimate of drug-likeness (QED) is 0.525. The first-order valence-electron chi connectivity index (χ1n) is 9.06. The lowest BCUT2D eigenvalue weighted by Gasteiger charge is -2.29. The summed E-state index contributed by atoms with van der Waals surface area (Å²) in [7, 11) is -1.77. The third-order valence-corrected chi connectivity index (χ3v) is 6.01. The van der Waals surface area contributed by atoms with E-state index in [9.17, 15) is 22.8 Å². The van der Waals surface area contributed by atoms with E-state index >= 15 is 0 Å². The van der Waals surface area contributed by atoms with Gasteiger partial charge in [-0.15, -0.1) is 0 Å². The summed E-state index contributed by atoms with van der Waals surface area (Å²) in [5, 5.41) is 0. The third kappa shape index (κ3) is 4.40. The number of aromatic nitrogens is 1. The molecule has 0 amide bonds. The number of anilines is 1. The fourth-order valence-electron chi connectivity index (χ4n) is 3.33. The summed E-state index contributed by atoms with van der Waals surface area (Å²) in [5.41, 5.74) is 2.26. The van der Waals surface area contributed by atoms with E-state index in [1.165, 1.54) is 34.1 Å². The summed E-state index contributed by atoms with van der Waals surface area (Å²) in [4.78, 5) is 36.1. The molecule has 1 aliphatic rings. The molecule has 0 radical (unpaired) electrons. The molecule has 9 heteroatoms.